The van der Waals surface area contributed by atoms with Crippen LogP contribution in [0.15, 0.2) is 12.2 Å². The second-order valence-corrected chi connectivity index (χ2v) is 6.28. The highest BCUT2D eigenvalue weighted by atomic mass is 16.5. The van der Waals surface area contributed by atoms with Gasteiger partial charge >= 0.3 is 5.97 Å². The molecular weight excluding hydrogens is 216 g/mol. The molecule has 0 saturated heterocycles. The van der Waals surface area contributed by atoms with Crippen LogP contribution in [0.2, 0.25) is 0 Å². The number of hydrogen-bond donors (Lipinski definition) is 1. The van der Waals surface area contributed by atoms with E-state index in [9.17, 15) is 4.79 Å². The highest BCUT2D eigenvalue weighted by Crippen LogP contribution is 2.66. The van der Waals surface area contributed by atoms with E-state index in [1.54, 1.807) is 6.92 Å². The van der Waals surface area contributed by atoms with Crippen LogP contribution in [0.3, 0.4) is 0 Å². The Labute approximate surface area is 104 Å². The Balaban J connectivity index is 0.00000144. The Morgan fingerprint density at radius 2 is 1.94 bits per heavy atom. The van der Waals surface area contributed by atoms with Crippen molar-refractivity contribution < 1.29 is 15.0 Å². The van der Waals surface area contributed by atoms with Crippen molar-refractivity contribution in [1.82, 2.24) is 0 Å². The van der Waals surface area contributed by atoms with E-state index in [2.05, 4.69) is 27.4 Å². The number of fused-ring (bicyclic) bond motifs is 2. The Kier molecular flexibility index (Phi) is 3.45. The first-order chi connectivity index (χ1) is 7.29. The SMILES string of the molecule is C=C(C)C(=O)OC1C[C@H]2CC[C@@]1(C)C2(C)C.[OH]. The third kappa shape index (κ3) is 1.81. The van der Waals surface area contributed by atoms with Crippen LogP contribution >= 0.6 is 0 Å². The Bertz CT molecular complexity index is 345. The number of ether oxygens (including phenoxy) is 1. The Morgan fingerprint density at radius 3 is 2.29 bits per heavy atom. The molecule has 0 heterocycles. The summed E-state index contributed by atoms with van der Waals surface area (Å²) in [6, 6.07) is 0. The zero-order chi connectivity index (χ0) is 12.1. The van der Waals surface area contributed by atoms with E-state index in [-0.39, 0.29) is 23.0 Å². The largest absolute Gasteiger partial charge is 0.458 e. The maximum Gasteiger partial charge on any atom is 0.333 e. The number of rotatable bonds is 2. The highest BCUT2D eigenvalue weighted by molar-refractivity contribution is 5.87. The molecule has 1 N–H and O–H groups in total. The molecule has 17 heavy (non-hydrogen) atoms. The summed E-state index contributed by atoms with van der Waals surface area (Å²) in [7, 11) is 0. The van der Waals surface area contributed by atoms with Crippen LogP contribution in [0, 0.1) is 16.7 Å². The van der Waals surface area contributed by atoms with Gasteiger partial charge in [-0.25, -0.2) is 4.79 Å². The fourth-order valence-corrected chi connectivity index (χ4v) is 3.54. The molecule has 1 unspecified atom stereocenters. The van der Waals surface area contributed by atoms with Gasteiger partial charge in [-0.3, -0.25) is 5.48 Å². The molecule has 0 amide bonds. The van der Waals surface area contributed by atoms with Crippen LogP contribution in [-0.2, 0) is 9.53 Å². The summed E-state index contributed by atoms with van der Waals surface area (Å²) in [5.74, 6) is 0.481. The molecule has 0 aromatic carbocycles. The minimum Gasteiger partial charge on any atom is -0.458 e. The standard InChI is InChI=1S/C14H22O2.HO/c1-9(2)12(15)16-11-8-10-6-7-14(11,5)13(10,3)4;/h10-11H,1,6-8H2,2-5H3;1H/t10-,11?,14-;/m1./s1. The average molecular weight is 239 g/mol. The molecule has 97 valence electrons. The van der Waals surface area contributed by atoms with Crippen LogP contribution < -0.4 is 0 Å². The van der Waals surface area contributed by atoms with Crippen molar-refractivity contribution in [3.05, 3.63) is 12.2 Å². The van der Waals surface area contributed by atoms with Crippen LogP contribution in [0.1, 0.15) is 47.0 Å². The minimum absolute atomic E-state index is 0. The van der Waals surface area contributed by atoms with Gasteiger partial charge in [0.2, 0.25) is 0 Å². The number of esters is 1. The van der Waals surface area contributed by atoms with Crippen LogP contribution in [0.5, 0.6) is 0 Å². The second kappa shape index (κ2) is 4.13. The number of carbonyl (C=O) groups is 1. The summed E-state index contributed by atoms with van der Waals surface area (Å²) < 4.78 is 5.61. The van der Waals surface area contributed by atoms with Crippen LogP contribution in [0.4, 0.5) is 0 Å². The fourth-order valence-electron chi connectivity index (χ4n) is 3.54. The van der Waals surface area contributed by atoms with E-state index in [0.29, 0.717) is 16.9 Å². The van der Waals surface area contributed by atoms with Crippen molar-refractivity contribution in [1.29, 1.82) is 0 Å². The molecule has 1 radical (unpaired) electrons. The quantitative estimate of drug-likeness (QED) is 0.594. The first-order valence-corrected chi connectivity index (χ1v) is 6.15. The van der Waals surface area contributed by atoms with Gasteiger partial charge in [0.05, 0.1) is 0 Å². The summed E-state index contributed by atoms with van der Waals surface area (Å²) in [5, 5.41) is 0. The van der Waals surface area contributed by atoms with Crippen molar-refractivity contribution in [3.8, 4) is 0 Å². The highest BCUT2D eigenvalue weighted by Gasteiger charge is 2.62. The van der Waals surface area contributed by atoms with E-state index in [0.717, 1.165) is 6.42 Å². The van der Waals surface area contributed by atoms with E-state index in [1.165, 1.54) is 12.8 Å². The predicted octanol–water partition coefficient (Wildman–Crippen LogP) is 3.14. The summed E-state index contributed by atoms with van der Waals surface area (Å²) in [4.78, 5) is 11.6. The monoisotopic (exact) mass is 239 g/mol. The lowest BCUT2D eigenvalue weighted by Gasteiger charge is -2.38. The van der Waals surface area contributed by atoms with Gasteiger partial charge in [0, 0.05) is 11.0 Å². The molecule has 0 aromatic heterocycles. The molecule has 2 fully saturated rings. The fraction of sp³-hybridized carbons (Fsp3) is 0.786. The summed E-state index contributed by atoms with van der Waals surface area (Å²) in [6.45, 7) is 12.3. The van der Waals surface area contributed by atoms with Gasteiger partial charge in [0.1, 0.15) is 6.10 Å². The van der Waals surface area contributed by atoms with E-state index < -0.39 is 0 Å². The van der Waals surface area contributed by atoms with E-state index in [1.807, 2.05) is 0 Å². The summed E-state index contributed by atoms with van der Waals surface area (Å²) >= 11 is 0. The van der Waals surface area contributed by atoms with Crippen molar-refractivity contribution in [3.63, 3.8) is 0 Å². The molecule has 3 heteroatoms. The lowest BCUT2D eigenvalue weighted by molar-refractivity contribution is -0.151. The van der Waals surface area contributed by atoms with Crippen LogP contribution in [-0.4, -0.2) is 17.5 Å². The zero-order valence-corrected chi connectivity index (χ0v) is 11.2. The van der Waals surface area contributed by atoms with Gasteiger partial charge in [-0.05, 0) is 37.5 Å². The molecule has 2 saturated carbocycles. The number of carbonyl (C=O) groups excluding carboxylic acids is 1. The van der Waals surface area contributed by atoms with Gasteiger partial charge in [-0.15, -0.1) is 0 Å². The maximum absolute atomic E-state index is 11.6. The molecule has 3 nitrogen and oxygen atoms in total. The van der Waals surface area contributed by atoms with Gasteiger partial charge in [-0.1, -0.05) is 27.4 Å². The first kappa shape index (κ1) is 14.2. The molecule has 3 atom stereocenters. The van der Waals surface area contributed by atoms with Gasteiger partial charge < -0.3 is 4.74 Å². The normalized spacial score (nSPS) is 37.4. The smallest absolute Gasteiger partial charge is 0.333 e. The minimum atomic E-state index is -0.227. The van der Waals surface area contributed by atoms with Crippen molar-refractivity contribution in [2.75, 3.05) is 0 Å². The van der Waals surface area contributed by atoms with E-state index in [4.69, 9.17) is 4.74 Å². The second-order valence-electron chi connectivity index (χ2n) is 6.28. The van der Waals surface area contributed by atoms with Gasteiger partial charge in [0.25, 0.3) is 0 Å². The Morgan fingerprint density at radius 1 is 1.35 bits per heavy atom. The lowest BCUT2D eigenvalue weighted by atomic mass is 9.70. The molecular formula is C14H23O3. The third-order valence-corrected chi connectivity index (χ3v) is 5.31. The van der Waals surface area contributed by atoms with Gasteiger partial charge in [-0.2, -0.15) is 0 Å². The zero-order valence-electron chi connectivity index (χ0n) is 11.2. The van der Waals surface area contributed by atoms with Crippen LogP contribution in [0.25, 0.3) is 0 Å². The first-order valence-electron chi connectivity index (χ1n) is 6.15. The Hall–Kier alpha value is -0.830. The van der Waals surface area contributed by atoms with E-state index >= 15 is 0 Å². The average Bonchev–Trinajstić information content (AvgIpc) is 2.50. The summed E-state index contributed by atoms with van der Waals surface area (Å²) in [6.07, 6.45) is 3.58. The van der Waals surface area contributed by atoms with Crippen molar-refractivity contribution >= 4 is 5.97 Å². The molecule has 2 aliphatic carbocycles. The molecule has 2 aliphatic rings. The van der Waals surface area contributed by atoms with Crippen molar-refractivity contribution in [2.45, 2.75) is 53.1 Å². The molecule has 2 rings (SSSR count). The van der Waals surface area contributed by atoms with Gasteiger partial charge in [0.15, 0.2) is 0 Å². The predicted molar refractivity (Wildman–Crippen MR) is 65.9 cm³/mol. The topological polar surface area (TPSA) is 56.3 Å². The molecule has 0 aliphatic heterocycles. The molecule has 0 aromatic rings. The number of hydrogen-bond acceptors (Lipinski definition) is 2. The lowest BCUT2D eigenvalue weighted by Crippen LogP contribution is -2.38. The molecule has 2 bridgehead atoms. The summed E-state index contributed by atoms with van der Waals surface area (Å²) in [5.41, 5.74) is 0.958. The molecule has 0 spiro atoms. The third-order valence-electron chi connectivity index (χ3n) is 5.31. The maximum atomic E-state index is 11.6. The van der Waals surface area contributed by atoms with Crippen molar-refractivity contribution in [2.24, 2.45) is 16.7 Å².